The first-order valence-electron chi connectivity index (χ1n) is 5.83. The molecule has 3 rings (SSSR count). The summed E-state index contributed by atoms with van der Waals surface area (Å²) in [6.45, 7) is 2.05. The van der Waals surface area contributed by atoms with Gasteiger partial charge in [0, 0.05) is 10.9 Å². The van der Waals surface area contributed by atoms with Gasteiger partial charge in [-0.3, -0.25) is 0 Å². The number of nitrogen functional groups attached to an aromatic ring is 1. The molecule has 3 heteroatoms. The van der Waals surface area contributed by atoms with Crippen LogP contribution in [0.4, 0.5) is 5.82 Å². The van der Waals surface area contributed by atoms with E-state index in [0.717, 1.165) is 16.5 Å². The van der Waals surface area contributed by atoms with Crippen LogP contribution in [-0.4, -0.2) is 9.97 Å². The zero-order chi connectivity index (χ0) is 12.5. The highest BCUT2D eigenvalue weighted by molar-refractivity contribution is 5.89. The van der Waals surface area contributed by atoms with E-state index in [1.165, 1.54) is 5.56 Å². The van der Waals surface area contributed by atoms with Gasteiger partial charge in [-0.15, -0.1) is 0 Å². The topological polar surface area (TPSA) is 51.8 Å². The lowest BCUT2D eigenvalue weighted by Gasteiger charge is -2.05. The normalized spacial score (nSPS) is 10.7. The Morgan fingerprint density at radius 3 is 2.61 bits per heavy atom. The van der Waals surface area contributed by atoms with E-state index in [9.17, 15) is 0 Å². The Hall–Kier alpha value is -2.42. The molecule has 0 aliphatic heterocycles. The summed E-state index contributed by atoms with van der Waals surface area (Å²) in [6, 6.07) is 15.9. The predicted molar refractivity (Wildman–Crippen MR) is 74.1 cm³/mol. The molecule has 0 bridgehead atoms. The number of aromatic nitrogens is 2. The molecular weight excluding hydrogens is 222 g/mol. The number of benzene rings is 2. The number of hydrogen-bond acceptors (Lipinski definition) is 3. The molecule has 2 N–H and O–H groups in total. The molecule has 0 unspecified atom stereocenters. The highest BCUT2D eigenvalue weighted by atomic mass is 14.9. The van der Waals surface area contributed by atoms with Gasteiger partial charge in [-0.05, 0) is 25.1 Å². The van der Waals surface area contributed by atoms with Crippen LogP contribution >= 0.6 is 0 Å². The maximum atomic E-state index is 5.98. The zero-order valence-corrected chi connectivity index (χ0v) is 10.1. The molecule has 0 fully saturated rings. The minimum absolute atomic E-state index is 0.525. The Bertz CT molecular complexity index is 720. The molecule has 18 heavy (non-hydrogen) atoms. The molecule has 1 aromatic heterocycles. The molecule has 1 heterocycles. The fourth-order valence-corrected chi connectivity index (χ4v) is 2.01. The number of nitrogens with zero attached hydrogens (tertiary/aromatic N) is 2. The van der Waals surface area contributed by atoms with Crippen LogP contribution in [0, 0.1) is 6.92 Å². The lowest BCUT2D eigenvalue weighted by atomic mass is 10.1. The van der Waals surface area contributed by atoms with E-state index in [-0.39, 0.29) is 0 Å². The Balaban J connectivity index is 2.24. The average molecular weight is 235 g/mol. The molecule has 3 aromatic rings. The van der Waals surface area contributed by atoms with Crippen LogP contribution in [0.5, 0.6) is 0 Å². The van der Waals surface area contributed by atoms with Crippen molar-refractivity contribution in [2.75, 3.05) is 5.73 Å². The van der Waals surface area contributed by atoms with E-state index in [2.05, 4.69) is 16.0 Å². The molecule has 0 spiro atoms. The smallest absolute Gasteiger partial charge is 0.162 e. The number of hydrogen-bond donors (Lipinski definition) is 1. The summed E-state index contributed by atoms with van der Waals surface area (Å²) in [5.74, 6) is 1.20. The van der Waals surface area contributed by atoms with Gasteiger partial charge in [0.15, 0.2) is 5.82 Å². The average Bonchev–Trinajstić information content (AvgIpc) is 2.39. The fraction of sp³-hybridized carbons (Fsp3) is 0.0667. The van der Waals surface area contributed by atoms with E-state index >= 15 is 0 Å². The van der Waals surface area contributed by atoms with Gasteiger partial charge < -0.3 is 5.73 Å². The number of rotatable bonds is 1. The van der Waals surface area contributed by atoms with Gasteiger partial charge in [0.2, 0.25) is 0 Å². The number of aryl methyl sites for hydroxylation is 1. The van der Waals surface area contributed by atoms with Crippen LogP contribution < -0.4 is 5.73 Å². The summed E-state index contributed by atoms with van der Waals surface area (Å²) in [5, 5.41) is 0.897. The Kier molecular flexibility index (Phi) is 2.45. The first-order valence-corrected chi connectivity index (χ1v) is 5.83. The van der Waals surface area contributed by atoms with Crippen LogP contribution in [0.25, 0.3) is 22.3 Å². The second-order valence-electron chi connectivity index (χ2n) is 4.32. The molecule has 0 saturated carbocycles. The third kappa shape index (κ3) is 1.80. The third-order valence-corrected chi connectivity index (χ3v) is 2.91. The monoisotopic (exact) mass is 235 g/mol. The van der Waals surface area contributed by atoms with Crippen LogP contribution in [0.1, 0.15) is 5.56 Å². The summed E-state index contributed by atoms with van der Waals surface area (Å²) >= 11 is 0. The molecule has 88 valence electrons. The van der Waals surface area contributed by atoms with Crippen molar-refractivity contribution in [1.29, 1.82) is 0 Å². The highest BCUT2D eigenvalue weighted by Crippen LogP contribution is 2.23. The molecular formula is C15H13N3. The number of nitrogens with two attached hydrogens (primary N) is 1. The van der Waals surface area contributed by atoms with Gasteiger partial charge >= 0.3 is 0 Å². The second-order valence-corrected chi connectivity index (χ2v) is 4.32. The summed E-state index contributed by atoms with van der Waals surface area (Å²) in [5.41, 5.74) is 9.03. The quantitative estimate of drug-likeness (QED) is 0.704. The standard InChI is InChI=1S/C15H13N3/c1-10-5-4-6-11(9-10)15-17-13-8-3-2-7-12(13)14(16)18-15/h2-9H,1H3,(H2,16,17,18). The summed E-state index contributed by atoms with van der Waals surface area (Å²) in [6.07, 6.45) is 0. The van der Waals surface area contributed by atoms with E-state index in [1.54, 1.807) is 0 Å². The fourth-order valence-electron chi connectivity index (χ4n) is 2.01. The minimum atomic E-state index is 0.525. The van der Waals surface area contributed by atoms with E-state index in [4.69, 9.17) is 5.73 Å². The zero-order valence-electron chi connectivity index (χ0n) is 10.1. The van der Waals surface area contributed by atoms with Gasteiger partial charge in [0.05, 0.1) is 5.52 Å². The molecule has 0 amide bonds. The van der Waals surface area contributed by atoms with Gasteiger partial charge in [0.25, 0.3) is 0 Å². The third-order valence-electron chi connectivity index (χ3n) is 2.91. The summed E-state index contributed by atoms with van der Waals surface area (Å²) in [7, 11) is 0. The van der Waals surface area contributed by atoms with Crippen molar-refractivity contribution in [3.63, 3.8) is 0 Å². The van der Waals surface area contributed by atoms with Crippen molar-refractivity contribution in [2.24, 2.45) is 0 Å². The molecule has 2 aromatic carbocycles. The maximum absolute atomic E-state index is 5.98. The molecule has 0 atom stereocenters. The number of para-hydroxylation sites is 1. The summed E-state index contributed by atoms with van der Waals surface area (Å²) < 4.78 is 0. The van der Waals surface area contributed by atoms with Gasteiger partial charge in [-0.1, -0.05) is 35.9 Å². The van der Waals surface area contributed by atoms with E-state index < -0.39 is 0 Å². The Morgan fingerprint density at radius 1 is 0.944 bits per heavy atom. The highest BCUT2D eigenvalue weighted by Gasteiger charge is 2.06. The van der Waals surface area contributed by atoms with Gasteiger partial charge in [0.1, 0.15) is 5.82 Å². The summed E-state index contributed by atoms with van der Waals surface area (Å²) in [4.78, 5) is 8.94. The van der Waals surface area contributed by atoms with Crippen LogP contribution in [0.2, 0.25) is 0 Å². The van der Waals surface area contributed by atoms with Crippen LogP contribution in [-0.2, 0) is 0 Å². The molecule has 0 radical (unpaired) electrons. The van der Waals surface area contributed by atoms with Crippen molar-refractivity contribution >= 4 is 16.7 Å². The maximum Gasteiger partial charge on any atom is 0.162 e. The van der Waals surface area contributed by atoms with Gasteiger partial charge in [-0.25, -0.2) is 9.97 Å². The largest absolute Gasteiger partial charge is 0.383 e. The van der Waals surface area contributed by atoms with Crippen molar-refractivity contribution in [1.82, 2.24) is 9.97 Å². The molecule has 0 saturated heterocycles. The SMILES string of the molecule is Cc1cccc(-c2nc(N)c3ccccc3n2)c1. The lowest BCUT2D eigenvalue weighted by Crippen LogP contribution is -1.97. The number of fused-ring (bicyclic) bond motifs is 1. The van der Waals surface area contributed by atoms with E-state index in [1.807, 2.05) is 49.4 Å². The number of anilines is 1. The first kappa shape index (κ1) is 10.7. The van der Waals surface area contributed by atoms with Gasteiger partial charge in [-0.2, -0.15) is 0 Å². The second kappa shape index (κ2) is 4.11. The minimum Gasteiger partial charge on any atom is -0.383 e. The lowest BCUT2D eigenvalue weighted by molar-refractivity contribution is 1.23. The molecule has 0 aliphatic rings. The Morgan fingerprint density at radius 2 is 1.78 bits per heavy atom. The van der Waals surface area contributed by atoms with Crippen molar-refractivity contribution in [3.05, 3.63) is 54.1 Å². The van der Waals surface area contributed by atoms with Crippen molar-refractivity contribution in [3.8, 4) is 11.4 Å². The van der Waals surface area contributed by atoms with Crippen molar-refractivity contribution < 1.29 is 0 Å². The van der Waals surface area contributed by atoms with Crippen LogP contribution in [0.15, 0.2) is 48.5 Å². The Labute approximate surface area is 105 Å². The molecule has 3 nitrogen and oxygen atoms in total. The van der Waals surface area contributed by atoms with Crippen LogP contribution in [0.3, 0.4) is 0 Å². The first-order chi connectivity index (χ1) is 8.74. The van der Waals surface area contributed by atoms with E-state index in [0.29, 0.717) is 11.6 Å². The van der Waals surface area contributed by atoms with Crippen molar-refractivity contribution in [2.45, 2.75) is 6.92 Å². The molecule has 0 aliphatic carbocycles. The predicted octanol–water partition coefficient (Wildman–Crippen LogP) is 3.19.